The maximum absolute atomic E-state index is 13.6. The number of piperidine rings is 1. The van der Waals surface area contributed by atoms with Crippen molar-refractivity contribution in [3.05, 3.63) is 79.8 Å². The highest BCUT2D eigenvalue weighted by atomic mass is 35.5. The van der Waals surface area contributed by atoms with Crippen LogP contribution in [0.4, 0.5) is 17.6 Å². The van der Waals surface area contributed by atoms with Crippen molar-refractivity contribution >= 4 is 40.4 Å². The molecule has 0 N–H and O–H groups in total. The molecule has 2 aromatic carbocycles. The third kappa shape index (κ3) is 5.72. The van der Waals surface area contributed by atoms with Crippen LogP contribution < -0.4 is 0 Å². The summed E-state index contributed by atoms with van der Waals surface area (Å²) in [5, 5.41) is 7.69. The molecule has 5 rings (SSSR count). The minimum atomic E-state index is -4.66. The van der Waals surface area contributed by atoms with E-state index in [2.05, 4.69) is 5.16 Å². The van der Waals surface area contributed by atoms with Crippen molar-refractivity contribution in [3.63, 3.8) is 0 Å². The number of amides is 1. The molecule has 0 aliphatic carbocycles. The van der Waals surface area contributed by atoms with E-state index in [1.165, 1.54) is 16.2 Å². The minimum Gasteiger partial charge on any atom is -0.354 e. The first-order valence-corrected chi connectivity index (χ1v) is 13.2. The molecule has 1 aliphatic heterocycles. The first-order chi connectivity index (χ1) is 18.1. The summed E-state index contributed by atoms with van der Waals surface area (Å²) in [7, 11) is 0. The van der Waals surface area contributed by atoms with Gasteiger partial charge in [0.05, 0.1) is 27.0 Å². The van der Waals surface area contributed by atoms with E-state index >= 15 is 0 Å². The standard InChI is InChI=1S/C26H19Cl2F4N3O2S/c27-19-4-1-15(10-20(19)28)21-12-23(37-34-21)22-13-38-25(33-22)14-5-7-35(8-6-14)24(36)11-16-9-17(29)2-3-18(16)26(30,31)32/h1-4,9-10,12-14H,5-8,11H2. The van der Waals surface area contributed by atoms with Crippen molar-refractivity contribution in [2.24, 2.45) is 0 Å². The zero-order valence-electron chi connectivity index (χ0n) is 19.6. The van der Waals surface area contributed by atoms with Gasteiger partial charge in [0.25, 0.3) is 0 Å². The summed E-state index contributed by atoms with van der Waals surface area (Å²) in [5.41, 5.74) is 0.621. The second-order valence-corrected chi connectivity index (χ2v) is 10.6. The zero-order valence-corrected chi connectivity index (χ0v) is 21.9. The average molecular weight is 584 g/mol. The van der Waals surface area contributed by atoms with E-state index in [1.807, 2.05) is 5.38 Å². The minimum absolute atomic E-state index is 0.0927. The predicted octanol–water partition coefficient (Wildman–Crippen LogP) is 7.88. The van der Waals surface area contributed by atoms with E-state index in [4.69, 9.17) is 32.7 Å². The van der Waals surface area contributed by atoms with Gasteiger partial charge in [-0.2, -0.15) is 13.2 Å². The summed E-state index contributed by atoms with van der Waals surface area (Å²) in [5.74, 6) is -0.683. The molecule has 4 aromatic rings. The number of alkyl halides is 3. The van der Waals surface area contributed by atoms with Crippen LogP contribution >= 0.6 is 34.5 Å². The van der Waals surface area contributed by atoms with Crippen molar-refractivity contribution in [2.45, 2.75) is 31.4 Å². The van der Waals surface area contributed by atoms with Gasteiger partial charge in [0.1, 0.15) is 17.2 Å². The van der Waals surface area contributed by atoms with Gasteiger partial charge in [-0.1, -0.05) is 34.4 Å². The molecule has 5 nitrogen and oxygen atoms in total. The number of hydrogen-bond acceptors (Lipinski definition) is 5. The number of carbonyl (C=O) groups is 1. The van der Waals surface area contributed by atoms with Crippen LogP contribution in [0.2, 0.25) is 10.0 Å². The van der Waals surface area contributed by atoms with Gasteiger partial charge < -0.3 is 9.42 Å². The second-order valence-electron chi connectivity index (χ2n) is 8.91. The largest absolute Gasteiger partial charge is 0.416 e. The maximum atomic E-state index is 13.6. The molecule has 0 saturated carbocycles. The summed E-state index contributed by atoms with van der Waals surface area (Å²) in [6.45, 7) is 0.748. The number of carbonyl (C=O) groups excluding carboxylic acids is 1. The van der Waals surface area contributed by atoms with Gasteiger partial charge in [0, 0.05) is 36.0 Å². The summed E-state index contributed by atoms with van der Waals surface area (Å²) < 4.78 is 58.9. The van der Waals surface area contributed by atoms with Crippen LogP contribution in [0.5, 0.6) is 0 Å². The number of aromatic nitrogens is 2. The summed E-state index contributed by atoms with van der Waals surface area (Å²) in [6.07, 6.45) is -3.95. The molecule has 1 fully saturated rings. The summed E-state index contributed by atoms with van der Waals surface area (Å²) in [4.78, 5) is 19.0. The number of thiazole rings is 1. The molecule has 0 radical (unpaired) electrons. The first kappa shape index (κ1) is 26.6. The molecule has 1 aliphatic rings. The Morgan fingerprint density at radius 2 is 1.82 bits per heavy atom. The molecule has 0 spiro atoms. The van der Waals surface area contributed by atoms with E-state index < -0.39 is 29.9 Å². The zero-order chi connectivity index (χ0) is 27.0. The van der Waals surface area contributed by atoms with Gasteiger partial charge in [-0.25, -0.2) is 9.37 Å². The highest BCUT2D eigenvalue weighted by molar-refractivity contribution is 7.10. The molecular formula is C26H19Cl2F4N3O2S. The fourth-order valence-electron chi connectivity index (χ4n) is 4.41. The lowest BCUT2D eigenvalue weighted by atomic mass is 9.96. The van der Waals surface area contributed by atoms with Crippen molar-refractivity contribution < 1.29 is 26.9 Å². The second kappa shape index (κ2) is 10.7. The number of nitrogens with zero attached hydrogens (tertiary/aromatic N) is 3. The van der Waals surface area contributed by atoms with E-state index in [1.54, 1.807) is 24.3 Å². The van der Waals surface area contributed by atoms with Crippen LogP contribution in [0.1, 0.15) is 34.9 Å². The smallest absolute Gasteiger partial charge is 0.354 e. The van der Waals surface area contributed by atoms with Crippen LogP contribution in [0, 0.1) is 5.82 Å². The Morgan fingerprint density at radius 1 is 1.05 bits per heavy atom. The first-order valence-electron chi connectivity index (χ1n) is 11.6. The quantitative estimate of drug-likeness (QED) is 0.224. The van der Waals surface area contributed by atoms with Crippen LogP contribution in [-0.4, -0.2) is 34.0 Å². The number of halogens is 6. The van der Waals surface area contributed by atoms with Gasteiger partial charge >= 0.3 is 6.18 Å². The van der Waals surface area contributed by atoms with Gasteiger partial charge in [0.15, 0.2) is 5.76 Å². The van der Waals surface area contributed by atoms with Crippen LogP contribution in [0.3, 0.4) is 0 Å². The fraction of sp³-hybridized carbons (Fsp3) is 0.269. The Labute approximate surface area is 229 Å². The average Bonchev–Trinajstić information content (AvgIpc) is 3.55. The normalized spacial score (nSPS) is 14.7. The Morgan fingerprint density at radius 3 is 2.53 bits per heavy atom. The predicted molar refractivity (Wildman–Crippen MR) is 137 cm³/mol. The van der Waals surface area contributed by atoms with Gasteiger partial charge in [-0.3, -0.25) is 4.79 Å². The molecule has 12 heteroatoms. The topological polar surface area (TPSA) is 59.2 Å². The molecule has 0 bridgehead atoms. The molecule has 38 heavy (non-hydrogen) atoms. The molecule has 0 unspecified atom stereocenters. The van der Waals surface area contributed by atoms with Gasteiger partial charge in [-0.15, -0.1) is 11.3 Å². The third-order valence-electron chi connectivity index (χ3n) is 6.41. The third-order valence-corrected chi connectivity index (χ3v) is 8.16. The fourth-order valence-corrected chi connectivity index (χ4v) is 5.69. The van der Waals surface area contributed by atoms with Crippen molar-refractivity contribution in [1.82, 2.24) is 15.0 Å². The van der Waals surface area contributed by atoms with Crippen molar-refractivity contribution in [1.29, 1.82) is 0 Å². The van der Waals surface area contributed by atoms with Crippen LogP contribution in [0.25, 0.3) is 22.7 Å². The SMILES string of the molecule is O=C(Cc1cc(F)ccc1C(F)(F)F)N1CCC(c2nc(-c3cc(-c4ccc(Cl)c(Cl)c4)no3)cs2)CC1. The number of likely N-dealkylation sites (tertiary alicyclic amines) is 1. The maximum Gasteiger partial charge on any atom is 0.416 e. The summed E-state index contributed by atoms with van der Waals surface area (Å²) in [6, 6.07) is 9.13. The Bertz CT molecular complexity index is 1480. The molecule has 2 aromatic heterocycles. The number of hydrogen-bond donors (Lipinski definition) is 0. The van der Waals surface area contributed by atoms with Gasteiger partial charge in [0.2, 0.25) is 5.91 Å². The van der Waals surface area contributed by atoms with E-state index in [0.29, 0.717) is 59.2 Å². The molecule has 1 amide bonds. The highest BCUT2D eigenvalue weighted by Gasteiger charge is 2.35. The van der Waals surface area contributed by atoms with E-state index in [-0.39, 0.29) is 11.5 Å². The lowest BCUT2D eigenvalue weighted by molar-refractivity contribution is -0.138. The molecule has 1 saturated heterocycles. The molecule has 3 heterocycles. The Kier molecular flexibility index (Phi) is 7.48. The monoisotopic (exact) mass is 583 g/mol. The Balaban J connectivity index is 1.22. The van der Waals surface area contributed by atoms with Crippen LogP contribution in [0.15, 0.2) is 52.4 Å². The van der Waals surface area contributed by atoms with Gasteiger partial charge in [-0.05, 0) is 48.7 Å². The molecule has 0 atom stereocenters. The number of benzene rings is 2. The van der Waals surface area contributed by atoms with E-state index in [9.17, 15) is 22.4 Å². The highest BCUT2D eigenvalue weighted by Crippen LogP contribution is 2.36. The van der Waals surface area contributed by atoms with Crippen molar-refractivity contribution in [3.8, 4) is 22.7 Å². The van der Waals surface area contributed by atoms with Crippen LogP contribution in [-0.2, 0) is 17.4 Å². The number of rotatable bonds is 5. The van der Waals surface area contributed by atoms with E-state index in [0.717, 1.165) is 22.7 Å². The van der Waals surface area contributed by atoms with Crippen molar-refractivity contribution in [2.75, 3.05) is 13.1 Å². The lowest BCUT2D eigenvalue weighted by Crippen LogP contribution is -2.39. The molecule has 198 valence electrons. The Hall–Kier alpha value is -2.95. The summed E-state index contributed by atoms with van der Waals surface area (Å²) >= 11 is 13.5. The lowest BCUT2D eigenvalue weighted by Gasteiger charge is -2.31. The molecular weight excluding hydrogens is 565 g/mol.